The zero-order chi connectivity index (χ0) is 19.2. The third-order valence-corrected chi connectivity index (χ3v) is 5.03. The van der Waals surface area contributed by atoms with Crippen LogP contribution in [0.3, 0.4) is 0 Å². The number of nitrogens with one attached hydrogen (secondary N) is 2. The van der Waals surface area contributed by atoms with Crippen LogP contribution in [0.4, 0.5) is 5.69 Å². The molecule has 1 aliphatic carbocycles. The van der Waals surface area contributed by atoms with Crippen molar-refractivity contribution in [2.24, 2.45) is 5.10 Å². The predicted octanol–water partition coefficient (Wildman–Crippen LogP) is 4.22. The van der Waals surface area contributed by atoms with Crippen LogP contribution in [0.15, 0.2) is 47.6 Å². The Morgan fingerprint density at radius 2 is 1.81 bits per heavy atom. The summed E-state index contributed by atoms with van der Waals surface area (Å²) in [4.78, 5) is 24.1. The number of anilines is 1. The highest BCUT2D eigenvalue weighted by molar-refractivity contribution is 6.31. The molecule has 0 fully saturated rings. The molecular weight excluding hydrogens is 362 g/mol. The summed E-state index contributed by atoms with van der Waals surface area (Å²) < 4.78 is 0. The zero-order valence-electron chi connectivity index (χ0n) is 15.2. The van der Waals surface area contributed by atoms with Crippen LogP contribution in [0.25, 0.3) is 0 Å². The van der Waals surface area contributed by atoms with Crippen LogP contribution in [0, 0.1) is 6.92 Å². The summed E-state index contributed by atoms with van der Waals surface area (Å²) in [6.45, 7) is 1.84. The van der Waals surface area contributed by atoms with Gasteiger partial charge in [-0.25, -0.2) is 5.43 Å². The van der Waals surface area contributed by atoms with Gasteiger partial charge in [0.2, 0.25) is 11.8 Å². The highest BCUT2D eigenvalue weighted by atomic mass is 35.5. The average Bonchev–Trinajstić information content (AvgIpc) is 2.68. The van der Waals surface area contributed by atoms with Crippen molar-refractivity contribution in [1.29, 1.82) is 0 Å². The monoisotopic (exact) mass is 383 g/mol. The van der Waals surface area contributed by atoms with E-state index in [-0.39, 0.29) is 24.7 Å². The number of hydrazone groups is 1. The van der Waals surface area contributed by atoms with Crippen molar-refractivity contribution in [3.63, 3.8) is 0 Å². The van der Waals surface area contributed by atoms with Gasteiger partial charge in [0, 0.05) is 29.1 Å². The van der Waals surface area contributed by atoms with Crippen molar-refractivity contribution in [2.45, 2.75) is 39.0 Å². The summed E-state index contributed by atoms with van der Waals surface area (Å²) in [6, 6.07) is 13.4. The van der Waals surface area contributed by atoms with Crippen molar-refractivity contribution < 1.29 is 9.59 Å². The third-order valence-electron chi connectivity index (χ3n) is 4.62. The molecule has 0 heterocycles. The maximum absolute atomic E-state index is 12.1. The minimum Gasteiger partial charge on any atom is -0.326 e. The number of aryl methyl sites for hydroxylation is 1. The summed E-state index contributed by atoms with van der Waals surface area (Å²) >= 11 is 6.05. The number of benzene rings is 2. The fourth-order valence-electron chi connectivity index (χ4n) is 3.09. The lowest BCUT2D eigenvalue weighted by molar-refractivity contribution is -0.124. The van der Waals surface area contributed by atoms with E-state index in [1.165, 1.54) is 5.56 Å². The minimum atomic E-state index is -0.275. The molecule has 0 aliphatic heterocycles. The van der Waals surface area contributed by atoms with Crippen molar-refractivity contribution in [3.8, 4) is 0 Å². The lowest BCUT2D eigenvalue weighted by atomic mass is 9.90. The van der Waals surface area contributed by atoms with E-state index in [0.29, 0.717) is 10.7 Å². The number of hydrogen-bond donors (Lipinski definition) is 2. The zero-order valence-corrected chi connectivity index (χ0v) is 16.0. The minimum absolute atomic E-state index is 0.0733. The van der Waals surface area contributed by atoms with E-state index < -0.39 is 0 Å². The molecule has 2 N–H and O–H groups in total. The smallest absolute Gasteiger partial charge is 0.240 e. The molecule has 0 spiro atoms. The van der Waals surface area contributed by atoms with Crippen LogP contribution in [0.2, 0.25) is 5.02 Å². The van der Waals surface area contributed by atoms with E-state index in [1.54, 1.807) is 18.2 Å². The van der Waals surface area contributed by atoms with Gasteiger partial charge in [-0.2, -0.15) is 5.10 Å². The summed E-state index contributed by atoms with van der Waals surface area (Å²) in [7, 11) is 0. The molecule has 1 aliphatic rings. The van der Waals surface area contributed by atoms with Gasteiger partial charge in [-0.15, -0.1) is 0 Å². The maximum atomic E-state index is 12.1. The molecule has 2 aromatic rings. The maximum Gasteiger partial charge on any atom is 0.240 e. The van der Waals surface area contributed by atoms with E-state index in [1.807, 2.05) is 25.1 Å². The molecule has 140 valence electrons. The number of carbonyl (C=O) groups excluding carboxylic acids is 2. The normalized spacial score (nSPS) is 14.5. The number of hydrogen-bond acceptors (Lipinski definition) is 3. The number of amides is 2. The van der Waals surface area contributed by atoms with Gasteiger partial charge in [-0.1, -0.05) is 41.9 Å². The molecule has 6 heteroatoms. The Morgan fingerprint density at radius 1 is 1.04 bits per heavy atom. The molecule has 27 heavy (non-hydrogen) atoms. The second-order valence-corrected chi connectivity index (χ2v) is 6.97. The van der Waals surface area contributed by atoms with E-state index in [9.17, 15) is 9.59 Å². The molecule has 0 atom stereocenters. The topological polar surface area (TPSA) is 70.6 Å². The number of rotatable bonds is 5. The molecule has 0 radical (unpaired) electrons. The highest BCUT2D eigenvalue weighted by Gasteiger charge is 2.15. The van der Waals surface area contributed by atoms with Crippen LogP contribution in [0.5, 0.6) is 0 Å². The molecule has 0 saturated heterocycles. The molecule has 2 aromatic carbocycles. The van der Waals surface area contributed by atoms with Gasteiger partial charge in [0.15, 0.2) is 0 Å². The number of halogens is 1. The predicted molar refractivity (Wildman–Crippen MR) is 108 cm³/mol. The second-order valence-electron chi connectivity index (χ2n) is 6.56. The molecule has 0 saturated carbocycles. The summed E-state index contributed by atoms with van der Waals surface area (Å²) in [6.07, 6.45) is 3.05. The van der Waals surface area contributed by atoms with E-state index in [4.69, 9.17) is 11.6 Å². The molecular formula is C21H22ClN3O2. The Labute approximate surface area is 163 Å². The van der Waals surface area contributed by atoms with Crippen LogP contribution < -0.4 is 10.7 Å². The van der Waals surface area contributed by atoms with E-state index in [2.05, 4.69) is 21.9 Å². The molecule has 5 nitrogen and oxygen atoms in total. The number of nitrogens with zero attached hydrogens (tertiary/aromatic N) is 1. The molecule has 2 amide bonds. The first-order valence-electron chi connectivity index (χ1n) is 9.03. The molecule has 0 aromatic heterocycles. The first kappa shape index (κ1) is 19.1. The Morgan fingerprint density at radius 3 is 2.67 bits per heavy atom. The Bertz CT molecular complexity index is 893. The van der Waals surface area contributed by atoms with Gasteiger partial charge in [0.25, 0.3) is 0 Å². The summed E-state index contributed by atoms with van der Waals surface area (Å²) in [5, 5.41) is 7.66. The van der Waals surface area contributed by atoms with Gasteiger partial charge in [-0.3, -0.25) is 9.59 Å². The second kappa shape index (κ2) is 8.82. The molecule has 3 rings (SSSR count). The fourth-order valence-corrected chi connectivity index (χ4v) is 3.26. The van der Waals surface area contributed by atoms with Crippen LogP contribution in [-0.2, 0) is 16.0 Å². The fraction of sp³-hybridized carbons (Fsp3) is 0.286. The van der Waals surface area contributed by atoms with Crippen LogP contribution in [-0.4, -0.2) is 17.5 Å². The van der Waals surface area contributed by atoms with Gasteiger partial charge in [0.05, 0.1) is 5.71 Å². The SMILES string of the molecule is Cc1c(Cl)cccc1NC(=O)CCC(=O)N/N=C1/CCCc2ccccc21. The van der Waals surface area contributed by atoms with Crippen LogP contribution in [0.1, 0.15) is 42.4 Å². The first-order valence-corrected chi connectivity index (χ1v) is 9.41. The van der Waals surface area contributed by atoms with Gasteiger partial charge in [-0.05, 0) is 49.4 Å². The summed E-state index contributed by atoms with van der Waals surface area (Å²) in [5.41, 5.74) is 7.29. The quantitative estimate of drug-likeness (QED) is 0.758. The van der Waals surface area contributed by atoms with Crippen molar-refractivity contribution in [1.82, 2.24) is 5.43 Å². The number of fused-ring (bicyclic) bond motifs is 1. The molecule has 0 unspecified atom stereocenters. The highest BCUT2D eigenvalue weighted by Crippen LogP contribution is 2.23. The summed E-state index contributed by atoms with van der Waals surface area (Å²) in [5.74, 6) is -0.505. The van der Waals surface area contributed by atoms with Gasteiger partial charge in [0.1, 0.15) is 0 Å². The van der Waals surface area contributed by atoms with Gasteiger partial charge < -0.3 is 5.32 Å². The Kier molecular flexibility index (Phi) is 6.24. The lowest BCUT2D eigenvalue weighted by Gasteiger charge is -2.17. The largest absolute Gasteiger partial charge is 0.326 e. The van der Waals surface area contributed by atoms with Crippen molar-refractivity contribution in [2.75, 3.05) is 5.32 Å². The van der Waals surface area contributed by atoms with E-state index in [0.717, 1.165) is 36.1 Å². The van der Waals surface area contributed by atoms with Crippen molar-refractivity contribution in [3.05, 3.63) is 64.2 Å². The third kappa shape index (κ3) is 4.95. The molecule has 0 bridgehead atoms. The first-order chi connectivity index (χ1) is 13.0. The van der Waals surface area contributed by atoms with Crippen LogP contribution >= 0.6 is 11.6 Å². The lowest BCUT2D eigenvalue weighted by Crippen LogP contribution is -2.23. The number of carbonyl (C=O) groups is 2. The van der Waals surface area contributed by atoms with E-state index >= 15 is 0 Å². The average molecular weight is 384 g/mol. The standard InChI is InChI=1S/C21H22ClN3O2/c1-14-17(22)9-5-10-18(14)23-20(26)12-13-21(27)25-24-19-11-4-7-15-6-2-3-8-16(15)19/h2-3,5-6,8-10H,4,7,11-13H2,1H3,(H,23,26)(H,25,27)/b24-19-. The Balaban J connectivity index is 1.52. The Hall–Kier alpha value is -2.66. The van der Waals surface area contributed by atoms with Gasteiger partial charge >= 0.3 is 0 Å². The van der Waals surface area contributed by atoms with Crippen molar-refractivity contribution >= 4 is 34.8 Å².